The van der Waals surface area contributed by atoms with E-state index in [0.29, 0.717) is 0 Å². The molecule has 0 saturated heterocycles. The van der Waals surface area contributed by atoms with E-state index >= 15 is 0 Å². The van der Waals surface area contributed by atoms with Crippen LogP contribution in [0.4, 0.5) is 0 Å². The van der Waals surface area contributed by atoms with Gasteiger partial charge in [0.2, 0.25) is 0 Å². The van der Waals surface area contributed by atoms with Crippen LogP contribution in [0.1, 0.15) is 5.56 Å². The summed E-state index contributed by atoms with van der Waals surface area (Å²) in [5.74, 6) is 0. The minimum Gasteiger partial charge on any atom is -0.290 e. The minimum absolute atomic E-state index is 0.901. The molecule has 2 aromatic carbocycles. The summed E-state index contributed by atoms with van der Waals surface area (Å²) < 4.78 is 2.19. The van der Waals surface area contributed by atoms with Gasteiger partial charge in [-0.25, -0.2) is 0 Å². The van der Waals surface area contributed by atoms with Gasteiger partial charge >= 0.3 is 0 Å². The van der Waals surface area contributed by atoms with Crippen LogP contribution in [0.2, 0.25) is 0 Å². The molecule has 0 aliphatic rings. The number of aryl methyl sites for hydroxylation is 1. The van der Waals surface area contributed by atoms with Crippen molar-refractivity contribution in [2.45, 2.75) is 6.92 Å². The Morgan fingerprint density at radius 1 is 0.944 bits per heavy atom. The molecule has 0 saturated carbocycles. The third kappa shape index (κ3) is 1.13. The van der Waals surface area contributed by atoms with Crippen molar-refractivity contribution in [2.24, 2.45) is 0 Å². The third-order valence-electron chi connectivity index (χ3n) is 3.39. The Hall–Kier alpha value is -2.42. The van der Waals surface area contributed by atoms with Crippen LogP contribution in [0.5, 0.6) is 0 Å². The fourth-order valence-corrected chi connectivity index (χ4v) is 2.58. The zero-order valence-electron chi connectivity index (χ0n) is 9.96. The lowest BCUT2D eigenvalue weighted by Crippen LogP contribution is -1.94. The number of hydrogen-bond donors (Lipinski definition) is 0. The second-order valence-electron chi connectivity index (χ2n) is 4.54. The van der Waals surface area contributed by atoms with Crippen LogP contribution < -0.4 is 0 Å². The third-order valence-corrected chi connectivity index (χ3v) is 3.39. The lowest BCUT2D eigenvalue weighted by atomic mass is 10.2. The molecule has 2 aromatic heterocycles. The minimum atomic E-state index is 0.901. The molecular weight excluding hydrogens is 222 g/mol. The van der Waals surface area contributed by atoms with E-state index in [0.717, 1.165) is 16.7 Å². The van der Waals surface area contributed by atoms with Crippen LogP contribution in [-0.4, -0.2) is 14.6 Å². The number of hydrogen-bond acceptors (Lipinski definition) is 2. The number of aromatic nitrogens is 3. The summed E-state index contributed by atoms with van der Waals surface area (Å²) in [6.45, 7) is 2.13. The van der Waals surface area contributed by atoms with Gasteiger partial charge in [-0.05, 0) is 30.7 Å². The first-order valence-electron chi connectivity index (χ1n) is 5.97. The molecule has 0 unspecified atom stereocenters. The summed E-state index contributed by atoms with van der Waals surface area (Å²) in [6.07, 6.45) is 0. The molecule has 0 N–H and O–H groups in total. The molecule has 0 amide bonds. The fraction of sp³-hybridized carbons (Fsp3) is 0.0667. The maximum Gasteiger partial charge on any atom is 0.160 e. The van der Waals surface area contributed by atoms with E-state index in [1.165, 1.54) is 16.5 Å². The molecule has 4 rings (SSSR count). The monoisotopic (exact) mass is 233 g/mol. The van der Waals surface area contributed by atoms with Crippen LogP contribution >= 0.6 is 0 Å². The molecule has 18 heavy (non-hydrogen) atoms. The summed E-state index contributed by atoms with van der Waals surface area (Å²) >= 11 is 0. The van der Waals surface area contributed by atoms with Crippen molar-refractivity contribution in [3.63, 3.8) is 0 Å². The maximum atomic E-state index is 4.30. The van der Waals surface area contributed by atoms with Gasteiger partial charge in [0.05, 0.1) is 11.0 Å². The zero-order valence-corrected chi connectivity index (χ0v) is 9.96. The first-order valence-corrected chi connectivity index (χ1v) is 5.97. The van der Waals surface area contributed by atoms with Gasteiger partial charge in [-0.1, -0.05) is 30.3 Å². The van der Waals surface area contributed by atoms with Gasteiger partial charge in [-0.15, -0.1) is 10.2 Å². The summed E-state index contributed by atoms with van der Waals surface area (Å²) in [7, 11) is 0. The van der Waals surface area contributed by atoms with Gasteiger partial charge in [0.25, 0.3) is 0 Å². The Kier molecular flexibility index (Phi) is 1.75. The predicted molar refractivity (Wildman–Crippen MR) is 72.7 cm³/mol. The lowest BCUT2D eigenvalue weighted by Gasteiger charge is -2.04. The summed E-state index contributed by atoms with van der Waals surface area (Å²) in [6, 6.07) is 16.5. The Bertz CT molecular complexity index is 890. The van der Waals surface area contributed by atoms with Gasteiger partial charge < -0.3 is 0 Å². The SMILES string of the molecule is Cc1cccc2cc3nnc4ccccc4n3c12. The number of nitrogens with zero attached hydrogens (tertiary/aromatic N) is 3. The number of fused-ring (bicyclic) bond motifs is 5. The van der Waals surface area contributed by atoms with Crippen LogP contribution in [-0.2, 0) is 0 Å². The highest BCUT2D eigenvalue weighted by Gasteiger charge is 2.09. The standard InChI is InChI=1S/C15H11N3/c1-10-5-4-6-11-9-14-17-16-12-7-2-3-8-13(12)18(14)15(10)11/h2-9H,1H3. The molecule has 4 aromatic rings. The van der Waals surface area contributed by atoms with Gasteiger partial charge in [-0.2, -0.15) is 0 Å². The van der Waals surface area contributed by atoms with Gasteiger partial charge in [0.15, 0.2) is 5.65 Å². The Balaban J connectivity index is 2.40. The van der Waals surface area contributed by atoms with E-state index in [2.05, 4.69) is 51.9 Å². The smallest absolute Gasteiger partial charge is 0.160 e. The molecule has 0 spiro atoms. The average molecular weight is 233 g/mol. The first-order chi connectivity index (χ1) is 8.84. The second kappa shape index (κ2) is 3.29. The molecular formula is C15H11N3. The molecule has 0 radical (unpaired) electrons. The maximum absolute atomic E-state index is 4.30. The molecule has 0 aliphatic heterocycles. The second-order valence-corrected chi connectivity index (χ2v) is 4.54. The van der Waals surface area contributed by atoms with Crippen molar-refractivity contribution < 1.29 is 0 Å². The van der Waals surface area contributed by atoms with Gasteiger partial charge in [-0.3, -0.25) is 4.40 Å². The van der Waals surface area contributed by atoms with Gasteiger partial charge in [0, 0.05) is 5.39 Å². The van der Waals surface area contributed by atoms with Crippen LogP contribution in [0.15, 0.2) is 48.5 Å². The zero-order chi connectivity index (χ0) is 12.1. The lowest BCUT2D eigenvalue weighted by molar-refractivity contribution is 1.06. The van der Waals surface area contributed by atoms with Crippen LogP contribution in [0, 0.1) is 6.92 Å². The van der Waals surface area contributed by atoms with E-state index in [9.17, 15) is 0 Å². The first kappa shape index (κ1) is 9.59. The Morgan fingerprint density at radius 2 is 1.83 bits per heavy atom. The summed E-state index contributed by atoms with van der Waals surface area (Å²) in [5.41, 5.74) is 5.40. The predicted octanol–water partition coefficient (Wildman–Crippen LogP) is 3.34. The fourth-order valence-electron chi connectivity index (χ4n) is 2.58. The Labute approximate surface area is 104 Å². The molecule has 0 aliphatic carbocycles. The van der Waals surface area contributed by atoms with E-state index < -0.39 is 0 Å². The van der Waals surface area contributed by atoms with E-state index in [1.807, 2.05) is 18.2 Å². The highest BCUT2D eigenvalue weighted by atomic mass is 15.2. The summed E-state index contributed by atoms with van der Waals surface area (Å²) in [5, 5.41) is 9.77. The van der Waals surface area contributed by atoms with Crippen LogP contribution in [0.3, 0.4) is 0 Å². The van der Waals surface area contributed by atoms with Crippen molar-refractivity contribution >= 4 is 27.6 Å². The Morgan fingerprint density at radius 3 is 2.78 bits per heavy atom. The molecule has 0 atom stereocenters. The van der Waals surface area contributed by atoms with Crippen molar-refractivity contribution in [3.8, 4) is 0 Å². The molecule has 0 fully saturated rings. The highest BCUT2D eigenvalue weighted by Crippen LogP contribution is 2.25. The van der Waals surface area contributed by atoms with Crippen molar-refractivity contribution in [1.82, 2.24) is 14.6 Å². The number of benzene rings is 2. The van der Waals surface area contributed by atoms with Crippen molar-refractivity contribution in [1.29, 1.82) is 0 Å². The van der Waals surface area contributed by atoms with Crippen molar-refractivity contribution in [2.75, 3.05) is 0 Å². The highest BCUT2D eigenvalue weighted by molar-refractivity contribution is 5.93. The largest absolute Gasteiger partial charge is 0.290 e. The molecule has 0 bridgehead atoms. The number of para-hydroxylation sites is 2. The van der Waals surface area contributed by atoms with Crippen molar-refractivity contribution in [3.05, 3.63) is 54.1 Å². The average Bonchev–Trinajstić information content (AvgIpc) is 2.79. The summed E-state index contributed by atoms with van der Waals surface area (Å²) in [4.78, 5) is 0. The molecule has 3 nitrogen and oxygen atoms in total. The molecule has 86 valence electrons. The van der Waals surface area contributed by atoms with E-state index in [-0.39, 0.29) is 0 Å². The number of rotatable bonds is 0. The van der Waals surface area contributed by atoms with Gasteiger partial charge in [0.1, 0.15) is 5.52 Å². The van der Waals surface area contributed by atoms with E-state index in [4.69, 9.17) is 0 Å². The quantitative estimate of drug-likeness (QED) is 0.466. The molecule has 3 heteroatoms. The van der Waals surface area contributed by atoms with Crippen LogP contribution in [0.25, 0.3) is 27.6 Å². The topological polar surface area (TPSA) is 30.2 Å². The van der Waals surface area contributed by atoms with E-state index in [1.54, 1.807) is 0 Å². The normalized spacial score (nSPS) is 11.6. The molecule has 2 heterocycles.